The average molecular weight is 245 g/mol. The van der Waals surface area contributed by atoms with Gasteiger partial charge in [0, 0.05) is 13.1 Å². The lowest BCUT2D eigenvalue weighted by Gasteiger charge is -2.16. The quantitative estimate of drug-likeness (QED) is 0.802. The van der Waals surface area contributed by atoms with Gasteiger partial charge in [-0.15, -0.1) is 0 Å². The van der Waals surface area contributed by atoms with Gasteiger partial charge in [-0.25, -0.2) is 4.21 Å². The van der Waals surface area contributed by atoms with E-state index in [1.165, 1.54) is 18.5 Å². The zero-order chi connectivity index (χ0) is 12.1. The van der Waals surface area contributed by atoms with Crippen LogP contribution in [0.2, 0.25) is 0 Å². The number of hydrogen-bond acceptors (Lipinski definition) is 3. The molecule has 0 spiro atoms. The van der Waals surface area contributed by atoms with Gasteiger partial charge in [-0.3, -0.25) is 8.86 Å². The summed E-state index contributed by atoms with van der Waals surface area (Å²) in [4.78, 5) is 0. The monoisotopic (exact) mass is 245 g/mol. The summed E-state index contributed by atoms with van der Waals surface area (Å²) in [6, 6.07) is 5.06. The van der Waals surface area contributed by atoms with Gasteiger partial charge in [0.2, 0.25) is 0 Å². The van der Waals surface area contributed by atoms with Gasteiger partial charge in [0.05, 0.1) is 19.4 Å². The molecule has 0 aliphatic heterocycles. The molecule has 0 saturated heterocycles. The van der Waals surface area contributed by atoms with Crippen LogP contribution in [-0.2, 0) is 11.3 Å². The SMILES string of the molecule is CCOc1ccc(N(C)S(=O)O)cc1OC. The third-order valence-electron chi connectivity index (χ3n) is 2.04. The summed E-state index contributed by atoms with van der Waals surface area (Å²) in [5.74, 6) is 1.16. The first-order valence-electron chi connectivity index (χ1n) is 4.75. The molecule has 0 saturated carbocycles. The van der Waals surface area contributed by atoms with Gasteiger partial charge in [0.1, 0.15) is 0 Å². The van der Waals surface area contributed by atoms with Crippen LogP contribution in [0.25, 0.3) is 0 Å². The number of ether oxygens (including phenoxy) is 2. The highest BCUT2D eigenvalue weighted by atomic mass is 32.2. The van der Waals surface area contributed by atoms with E-state index in [2.05, 4.69) is 0 Å². The van der Waals surface area contributed by atoms with Crippen molar-refractivity contribution >= 4 is 17.0 Å². The number of benzene rings is 1. The number of rotatable bonds is 5. The van der Waals surface area contributed by atoms with Crippen LogP contribution >= 0.6 is 0 Å². The Kier molecular flexibility index (Phi) is 4.57. The van der Waals surface area contributed by atoms with E-state index in [4.69, 9.17) is 14.0 Å². The summed E-state index contributed by atoms with van der Waals surface area (Å²) in [6.45, 7) is 2.42. The van der Waals surface area contributed by atoms with Gasteiger partial charge in [-0.2, -0.15) is 0 Å². The first kappa shape index (κ1) is 12.8. The molecule has 1 N–H and O–H groups in total. The van der Waals surface area contributed by atoms with E-state index in [0.29, 0.717) is 23.8 Å². The normalized spacial score (nSPS) is 12.0. The molecule has 90 valence electrons. The van der Waals surface area contributed by atoms with Crippen LogP contribution in [0, 0.1) is 0 Å². The fourth-order valence-electron chi connectivity index (χ4n) is 1.22. The number of nitrogens with zero attached hydrogens (tertiary/aromatic N) is 1. The molecule has 6 heteroatoms. The van der Waals surface area contributed by atoms with Gasteiger partial charge < -0.3 is 9.47 Å². The summed E-state index contributed by atoms with van der Waals surface area (Å²) in [7, 11) is 3.04. The van der Waals surface area contributed by atoms with Crippen LogP contribution in [0.4, 0.5) is 5.69 Å². The van der Waals surface area contributed by atoms with Crippen molar-refractivity contribution in [3.05, 3.63) is 18.2 Å². The second-order valence-corrected chi connectivity index (χ2v) is 4.01. The Labute approximate surface area is 97.4 Å². The van der Waals surface area contributed by atoms with Crippen molar-refractivity contribution in [3.8, 4) is 11.5 Å². The largest absolute Gasteiger partial charge is 0.493 e. The van der Waals surface area contributed by atoms with Crippen molar-refractivity contribution < 1.29 is 18.2 Å². The summed E-state index contributed by atoms with van der Waals surface area (Å²) < 4.78 is 31.5. The van der Waals surface area contributed by atoms with Gasteiger partial charge in [-0.05, 0) is 19.1 Å². The van der Waals surface area contributed by atoms with E-state index in [1.807, 2.05) is 6.92 Å². The number of anilines is 1. The Morgan fingerprint density at radius 2 is 2.12 bits per heavy atom. The molecule has 0 amide bonds. The summed E-state index contributed by atoms with van der Waals surface area (Å²) >= 11 is -2.04. The molecule has 0 aliphatic rings. The Morgan fingerprint density at radius 1 is 1.44 bits per heavy atom. The molecule has 0 bridgehead atoms. The molecule has 1 unspecified atom stereocenters. The molecule has 1 rings (SSSR count). The van der Waals surface area contributed by atoms with Gasteiger partial charge in [0.15, 0.2) is 11.5 Å². The molecular formula is C10H15NO4S. The molecule has 16 heavy (non-hydrogen) atoms. The zero-order valence-electron chi connectivity index (χ0n) is 9.47. The van der Waals surface area contributed by atoms with E-state index in [1.54, 1.807) is 18.2 Å². The fourth-order valence-corrected chi connectivity index (χ4v) is 1.51. The van der Waals surface area contributed by atoms with Crippen molar-refractivity contribution in [1.29, 1.82) is 0 Å². The maximum absolute atomic E-state index is 10.9. The van der Waals surface area contributed by atoms with Crippen molar-refractivity contribution in [3.63, 3.8) is 0 Å². The molecule has 0 radical (unpaired) electrons. The minimum atomic E-state index is -2.04. The van der Waals surface area contributed by atoms with Crippen LogP contribution in [0.3, 0.4) is 0 Å². The molecule has 1 aromatic carbocycles. The van der Waals surface area contributed by atoms with Gasteiger partial charge >= 0.3 is 0 Å². The lowest BCUT2D eigenvalue weighted by molar-refractivity contribution is 0.311. The maximum atomic E-state index is 10.9. The molecule has 0 aliphatic carbocycles. The summed E-state index contributed by atoms with van der Waals surface area (Å²) in [6.07, 6.45) is 0. The minimum absolute atomic E-state index is 0.539. The molecular weight excluding hydrogens is 230 g/mol. The highest BCUT2D eigenvalue weighted by Crippen LogP contribution is 2.31. The van der Waals surface area contributed by atoms with Crippen LogP contribution < -0.4 is 13.8 Å². The van der Waals surface area contributed by atoms with E-state index in [-0.39, 0.29) is 0 Å². The van der Waals surface area contributed by atoms with Crippen molar-refractivity contribution in [1.82, 2.24) is 0 Å². The van der Waals surface area contributed by atoms with E-state index >= 15 is 0 Å². The van der Waals surface area contributed by atoms with Gasteiger partial charge in [0.25, 0.3) is 11.3 Å². The summed E-state index contributed by atoms with van der Waals surface area (Å²) in [5.41, 5.74) is 0.584. The molecule has 0 aromatic heterocycles. The maximum Gasteiger partial charge on any atom is 0.261 e. The minimum Gasteiger partial charge on any atom is -0.493 e. The Hall–Kier alpha value is -1.27. The Balaban J connectivity index is 3.03. The lowest BCUT2D eigenvalue weighted by Crippen LogP contribution is -2.19. The molecule has 5 nitrogen and oxygen atoms in total. The second kappa shape index (κ2) is 5.72. The average Bonchev–Trinajstić information content (AvgIpc) is 2.29. The van der Waals surface area contributed by atoms with Crippen molar-refractivity contribution in [2.24, 2.45) is 0 Å². The number of hydrogen-bond donors (Lipinski definition) is 1. The smallest absolute Gasteiger partial charge is 0.261 e. The topological polar surface area (TPSA) is 59.0 Å². The molecule has 0 heterocycles. The first-order valence-corrected chi connectivity index (χ1v) is 5.82. The fraction of sp³-hybridized carbons (Fsp3) is 0.400. The van der Waals surface area contributed by atoms with Crippen molar-refractivity contribution in [2.45, 2.75) is 6.92 Å². The van der Waals surface area contributed by atoms with Gasteiger partial charge in [-0.1, -0.05) is 0 Å². The van der Waals surface area contributed by atoms with Crippen LogP contribution in [-0.4, -0.2) is 29.5 Å². The van der Waals surface area contributed by atoms with Crippen LogP contribution in [0.1, 0.15) is 6.92 Å². The van der Waals surface area contributed by atoms with Crippen LogP contribution in [0.5, 0.6) is 11.5 Å². The highest BCUT2D eigenvalue weighted by Gasteiger charge is 2.10. The highest BCUT2D eigenvalue weighted by molar-refractivity contribution is 7.80. The predicted octanol–water partition coefficient (Wildman–Crippen LogP) is 1.67. The van der Waals surface area contributed by atoms with E-state index in [0.717, 1.165) is 0 Å². The predicted molar refractivity (Wildman–Crippen MR) is 63.3 cm³/mol. The molecule has 1 atom stereocenters. The Morgan fingerprint density at radius 3 is 2.62 bits per heavy atom. The third-order valence-corrected chi connectivity index (χ3v) is 2.72. The lowest BCUT2D eigenvalue weighted by atomic mass is 10.3. The number of methoxy groups -OCH3 is 1. The first-order chi connectivity index (χ1) is 7.60. The van der Waals surface area contributed by atoms with E-state index in [9.17, 15) is 4.21 Å². The van der Waals surface area contributed by atoms with Crippen LogP contribution in [0.15, 0.2) is 18.2 Å². The molecule has 1 aromatic rings. The third kappa shape index (κ3) is 2.86. The van der Waals surface area contributed by atoms with Crippen molar-refractivity contribution in [2.75, 3.05) is 25.1 Å². The van der Waals surface area contributed by atoms with E-state index < -0.39 is 11.3 Å². The summed E-state index contributed by atoms with van der Waals surface area (Å²) in [5, 5.41) is 0. The molecule has 0 fully saturated rings. The Bertz CT molecular complexity index is 383. The standard InChI is InChI=1S/C10H15NO4S/c1-4-15-9-6-5-8(7-10(9)14-3)11(2)16(12)13/h5-7H,4H2,1-3H3,(H,12,13). The zero-order valence-corrected chi connectivity index (χ0v) is 10.3. The second-order valence-electron chi connectivity index (χ2n) is 3.00.